The summed E-state index contributed by atoms with van der Waals surface area (Å²) in [7, 11) is 0. The Balaban J connectivity index is 0.995. The fraction of sp³-hybridized carbons (Fsp3) is 0.407. The van der Waals surface area contributed by atoms with Gasteiger partial charge in [0.2, 0.25) is 5.91 Å². The Kier molecular flexibility index (Phi) is 6.84. The highest BCUT2D eigenvalue weighted by molar-refractivity contribution is 5.94. The van der Waals surface area contributed by atoms with E-state index in [1.54, 1.807) is 0 Å². The Labute approximate surface area is 195 Å². The molecule has 1 amide bonds. The number of anilines is 1. The molecule has 0 unspecified atom stereocenters. The van der Waals surface area contributed by atoms with E-state index in [4.69, 9.17) is 9.72 Å². The quantitative estimate of drug-likeness (QED) is 0.530. The van der Waals surface area contributed by atoms with Crippen LogP contribution in [0.25, 0.3) is 10.9 Å². The summed E-state index contributed by atoms with van der Waals surface area (Å²) in [4.78, 5) is 21.5. The van der Waals surface area contributed by atoms with Gasteiger partial charge in [-0.05, 0) is 49.6 Å². The number of fused-ring (bicyclic) bond motifs is 2. The van der Waals surface area contributed by atoms with Gasteiger partial charge < -0.3 is 15.0 Å². The largest absolute Gasteiger partial charge is 0.494 e. The van der Waals surface area contributed by atoms with Crippen molar-refractivity contribution >= 4 is 22.5 Å². The van der Waals surface area contributed by atoms with Gasteiger partial charge in [-0.25, -0.2) is 0 Å². The molecule has 2 aliphatic heterocycles. The molecule has 6 nitrogen and oxygen atoms in total. The van der Waals surface area contributed by atoms with Crippen LogP contribution in [0.15, 0.2) is 54.6 Å². The number of amides is 1. The summed E-state index contributed by atoms with van der Waals surface area (Å²) >= 11 is 0. The molecule has 0 atom stereocenters. The average Bonchev–Trinajstić information content (AvgIpc) is 2.84. The highest BCUT2D eigenvalue weighted by atomic mass is 16.5. The Morgan fingerprint density at radius 3 is 2.67 bits per heavy atom. The molecule has 0 spiro atoms. The van der Waals surface area contributed by atoms with E-state index in [0.29, 0.717) is 13.0 Å². The van der Waals surface area contributed by atoms with Crippen molar-refractivity contribution in [3.05, 3.63) is 65.9 Å². The highest BCUT2D eigenvalue weighted by Gasteiger charge is 2.17. The van der Waals surface area contributed by atoms with E-state index in [9.17, 15) is 4.79 Å². The second-order valence-corrected chi connectivity index (χ2v) is 9.04. The molecule has 2 aromatic carbocycles. The van der Waals surface area contributed by atoms with E-state index < -0.39 is 0 Å². The molecule has 1 saturated heterocycles. The maximum atomic E-state index is 11.6. The summed E-state index contributed by atoms with van der Waals surface area (Å²) in [6, 6.07) is 18.7. The van der Waals surface area contributed by atoms with Crippen LogP contribution in [0.4, 0.5) is 5.69 Å². The Hall–Kier alpha value is -2.96. The second kappa shape index (κ2) is 10.3. The van der Waals surface area contributed by atoms with E-state index in [2.05, 4.69) is 57.6 Å². The van der Waals surface area contributed by atoms with Gasteiger partial charge in [0.1, 0.15) is 5.75 Å². The predicted molar refractivity (Wildman–Crippen MR) is 132 cm³/mol. The summed E-state index contributed by atoms with van der Waals surface area (Å²) < 4.78 is 5.93. The lowest BCUT2D eigenvalue weighted by Gasteiger charge is -2.34. The molecule has 3 heterocycles. The molecule has 1 fully saturated rings. The standard InChI is InChI=1S/C27H32N4O2/c32-27-12-9-22-8-11-24(19-26(22)29-27)33-18-4-3-13-30-14-16-31(17-15-30)20-23-10-7-21-5-1-2-6-25(21)28-23/h1-2,5-8,10-11,19H,3-4,9,12-18,20H2,(H,29,32). The molecule has 172 valence electrons. The smallest absolute Gasteiger partial charge is 0.224 e. The first-order valence-electron chi connectivity index (χ1n) is 12.1. The number of pyridine rings is 1. The SMILES string of the molecule is O=C1CCc2ccc(OCCCCN3CCN(Cc4ccc5ccccc5n4)CC3)cc2N1. The lowest BCUT2D eigenvalue weighted by Crippen LogP contribution is -2.46. The van der Waals surface area contributed by atoms with Gasteiger partial charge in [0, 0.05) is 56.3 Å². The molecule has 5 rings (SSSR count). The molecule has 0 bridgehead atoms. The Bertz CT molecular complexity index is 1110. The van der Waals surface area contributed by atoms with Gasteiger partial charge in [-0.1, -0.05) is 30.3 Å². The van der Waals surface area contributed by atoms with Crippen molar-refractivity contribution < 1.29 is 9.53 Å². The fourth-order valence-electron chi connectivity index (χ4n) is 4.66. The van der Waals surface area contributed by atoms with Gasteiger partial charge >= 0.3 is 0 Å². The zero-order chi connectivity index (χ0) is 22.5. The van der Waals surface area contributed by atoms with Crippen molar-refractivity contribution in [2.45, 2.75) is 32.2 Å². The third-order valence-electron chi connectivity index (χ3n) is 6.62. The number of nitrogens with one attached hydrogen (secondary N) is 1. The number of carbonyl (C=O) groups is 1. The minimum Gasteiger partial charge on any atom is -0.494 e. The Morgan fingerprint density at radius 1 is 0.909 bits per heavy atom. The summed E-state index contributed by atoms with van der Waals surface area (Å²) in [6.45, 7) is 7.15. The van der Waals surface area contributed by atoms with Crippen molar-refractivity contribution in [2.75, 3.05) is 44.6 Å². The van der Waals surface area contributed by atoms with Crippen molar-refractivity contribution in [1.82, 2.24) is 14.8 Å². The summed E-state index contributed by atoms with van der Waals surface area (Å²) in [5.74, 6) is 0.931. The van der Waals surface area contributed by atoms with Gasteiger partial charge in [0.05, 0.1) is 17.8 Å². The number of aromatic nitrogens is 1. The molecule has 2 aliphatic rings. The van der Waals surface area contributed by atoms with Crippen LogP contribution in [0.3, 0.4) is 0 Å². The van der Waals surface area contributed by atoms with E-state index in [0.717, 1.165) is 81.2 Å². The van der Waals surface area contributed by atoms with Crippen LogP contribution in [0.5, 0.6) is 5.75 Å². The molecule has 3 aromatic rings. The van der Waals surface area contributed by atoms with Gasteiger partial charge in [0.15, 0.2) is 0 Å². The average molecular weight is 445 g/mol. The number of nitrogens with zero attached hydrogens (tertiary/aromatic N) is 3. The lowest BCUT2D eigenvalue weighted by atomic mass is 10.0. The summed E-state index contributed by atoms with van der Waals surface area (Å²) in [5, 5.41) is 4.14. The first-order chi connectivity index (χ1) is 16.2. The molecule has 0 saturated carbocycles. The van der Waals surface area contributed by atoms with Crippen LogP contribution < -0.4 is 10.1 Å². The number of rotatable bonds is 8. The van der Waals surface area contributed by atoms with Crippen LogP contribution in [-0.4, -0.2) is 60.0 Å². The van der Waals surface area contributed by atoms with Crippen molar-refractivity contribution in [3.63, 3.8) is 0 Å². The molecule has 0 aliphatic carbocycles. The zero-order valence-corrected chi connectivity index (χ0v) is 19.1. The van der Waals surface area contributed by atoms with E-state index >= 15 is 0 Å². The van der Waals surface area contributed by atoms with Crippen LogP contribution in [0.1, 0.15) is 30.5 Å². The summed E-state index contributed by atoms with van der Waals surface area (Å²) in [6.07, 6.45) is 3.55. The minimum absolute atomic E-state index is 0.0910. The van der Waals surface area contributed by atoms with Crippen LogP contribution in [0.2, 0.25) is 0 Å². The number of benzene rings is 2. The van der Waals surface area contributed by atoms with Gasteiger partial charge in [-0.3, -0.25) is 14.7 Å². The van der Waals surface area contributed by atoms with E-state index in [1.807, 2.05) is 12.1 Å². The minimum atomic E-state index is 0.0910. The number of hydrogen-bond acceptors (Lipinski definition) is 5. The van der Waals surface area contributed by atoms with E-state index in [1.165, 1.54) is 10.9 Å². The third-order valence-corrected chi connectivity index (χ3v) is 6.62. The van der Waals surface area contributed by atoms with Crippen LogP contribution in [0, 0.1) is 0 Å². The normalized spacial score (nSPS) is 17.0. The van der Waals surface area contributed by atoms with Crippen molar-refractivity contribution in [1.29, 1.82) is 0 Å². The van der Waals surface area contributed by atoms with Gasteiger partial charge in [-0.15, -0.1) is 0 Å². The number of hydrogen-bond donors (Lipinski definition) is 1. The van der Waals surface area contributed by atoms with Gasteiger partial charge in [0.25, 0.3) is 0 Å². The van der Waals surface area contributed by atoms with Crippen molar-refractivity contribution in [2.24, 2.45) is 0 Å². The zero-order valence-electron chi connectivity index (χ0n) is 19.1. The van der Waals surface area contributed by atoms with Crippen molar-refractivity contribution in [3.8, 4) is 5.75 Å². The fourth-order valence-corrected chi connectivity index (χ4v) is 4.66. The third kappa shape index (κ3) is 5.70. The maximum Gasteiger partial charge on any atom is 0.224 e. The first kappa shape index (κ1) is 21.9. The first-order valence-corrected chi connectivity index (χ1v) is 12.1. The summed E-state index contributed by atoms with van der Waals surface area (Å²) in [5.41, 5.74) is 4.33. The molecular formula is C27H32N4O2. The lowest BCUT2D eigenvalue weighted by molar-refractivity contribution is -0.116. The number of aryl methyl sites for hydroxylation is 1. The number of para-hydroxylation sites is 1. The number of carbonyl (C=O) groups excluding carboxylic acids is 1. The van der Waals surface area contributed by atoms with E-state index in [-0.39, 0.29) is 5.91 Å². The monoisotopic (exact) mass is 444 g/mol. The van der Waals surface area contributed by atoms with Gasteiger partial charge in [-0.2, -0.15) is 0 Å². The number of ether oxygens (including phenoxy) is 1. The molecule has 0 radical (unpaired) electrons. The highest BCUT2D eigenvalue weighted by Crippen LogP contribution is 2.27. The maximum absolute atomic E-state index is 11.6. The number of piperazine rings is 1. The predicted octanol–water partition coefficient (Wildman–Crippen LogP) is 4.10. The molecule has 1 aromatic heterocycles. The molecule has 33 heavy (non-hydrogen) atoms. The molecule has 1 N–H and O–H groups in total. The van der Waals surface area contributed by atoms with Crippen LogP contribution >= 0.6 is 0 Å². The molecule has 6 heteroatoms. The number of unbranched alkanes of at least 4 members (excludes halogenated alkanes) is 1. The molecular weight excluding hydrogens is 412 g/mol. The Morgan fingerprint density at radius 2 is 1.76 bits per heavy atom. The topological polar surface area (TPSA) is 57.7 Å². The van der Waals surface area contributed by atoms with Crippen LogP contribution in [-0.2, 0) is 17.8 Å². The second-order valence-electron chi connectivity index (χ2n) is 9.04.